The van der Waals surface area contributed by atoms with Gasteiger partial charge in [0.05, 0.1) is 12.7 Å². The van der Waals surface area contributed by atoms with Gasteiger partial charge < -0.3 is 25.2 Å². The van der Waals surface area contributed by atoms with E-state index in [1.807, 2.05) is 24.1 Å². The zero-order chi connectivity index (χ0) is 19.9. The first-order valence-electron chi connectivity index (χ1n) is 10.2. The Morgan fingerprint density at radius 1 is 1.39 bits per heavy atom. The molecule has 0 aliphatic carbocycles. The van der Waals surface area contributed by atoms with Crippen LogP contribution in [0.2, 0.25) is 0 Å². The molecule has 2 aliphatic heterocycles. The predicted molar refractivity (Wildman–Crippen MR) is 110 cm³/mol. The molecular formula is C20H32N6O2. The minimum absolute atomic E-state index is 0.217. The minimum Gasteiger partial charge on any atom is -0.375 e. The standard InChI is InChI=1S/C20H32N6O2/c1-4-19(27)26-8-6-17(14-26)24-20(21-3)23-12-16-5-7-22-18(11-16)25-9-10-28-15(2)13-25/h5,7,11,15,17H,4,6,8-10,12-14H2,1-3H3,(H2,21,23,24). The number of amides is 1. The van der Waals surface area contributed by atoms with Crippen molar-refractivity contribution in [1.82, 2.24) is 20.5 Å². The number of likely N-dealkylation sites (tertiary alicyclic amines) is 1. The van der Waals surface area contributed by atoms with Crippen molar-refractivity contribution in [2.24, 2.45) is 4.99 Å². The van der Waals surface area contributed by atoms with E-state index in [9.17, 15) is 4.79 Å². The number of carbonyl (C=O) groups is 1. The highest BCUT2D eigenvalue weighted by molar-refractivity contribution is 5.80. The minimum atomic E-state index is 0.217. The van der Waals surface area contributed by atoms with E-state index in [0.717, 1.165) is 56.5 Å². The molecule has 1 aromatic heterocycles. The van der Waals surface area contributed by atoms with E-state index in [2.05, 4.69) is 38.5 Å². The van der Waals surface area contributed by atoms with Crippen LogP contribution >= 0.6 is 0 Å². The third-order valence-corrected chi connectivity index (χ3v) is 5.24. The van der Waals surface area contributed by atoms with E-state index >= 15 is 0 Å². The number of nitrogens with zero attached hydrogens (tertiary/aromatic N) is 4. The lowest BCUT2D eigenvalue weighted by atomic mass is 10.2. The molecule has 8 nitrogen and oxygen atoms in total. The second-order valence-corrected chi connectivity index (χ2v) is 7.40. The van der Waals surface area contributed by atoms with Gasteiger partial charge in [0.25, 0.3) is 0 Å². The SMILES string of the molecule is CCC(=O)N1CCC(NC(=NC)NCc2ccnc(N3CCOC(C)C3)c2)C1. The number of aliphatic imine (C=N–C) groups is 1. The number of aromatic nitrogens is 1. The van der Waals surface area contributed by atoms with Gasteiger partial charge in [-0.25, -0.2) is 4.98 Å². The Labute approximate surface area is 167 Å². The van der Waals surface area contributed by atoms with Crippen LogP contribution in [-0.2, 0) is 16.1 Å². The van der Waals surface area contributed by atoms with Crippen LogP contribution in [0.1, 0.15) is 32.3 Å². The molecule has 3 heterocycles. The Bertz CT molecular complexity index is 695. The molecule has 0 aromatic carbocycles. The van der Waals surface area contributed by atoms with E-state index in [-0.39, 0.29) is 18.1 Å². The number of hydrogen-bond donors (Lipinski definition) is 2. The van der Waals surface area contributed by atoms with Gasteiger partial charge >= 0.3 is 0 Å². The van der Waals surface area contributed by atoms with Crippen LogP contribution in [0.25, 0.3) is 0 Å². The van der Waals surface area contributed by atoms with Crippen LogP contribution in [0.3, 0.4) is 0 Å². The fourth-order valence-corrected chi connectivity index (χ4v) is 3.67. The molecule has 2 unspecified atom stereocenters. The quantitative estimate of drug-likeness (QED) is 0.578. The van der Waals surface area contributed by atoms with E-state index < -0.39 is 0 Å². The Morgan fingerprint density at radius 2 is 2.25 bits per heavy atom. The first kappa shape index (κ1) is 20.4. The van der Waals surface area contributed by atoms with E-state index in [1.165, 1.54) is 0 Å². The van der Waals surface area contributed by atoms with Crippen LogP contribution < -0.4 is 15.5 Å². The lowest BCUT2D eigenvalue weighted by molar-refractivity contribution is -0.129. The zero-order valence-electron chi connectivity index (χ0n) is 17.1. The van der Waals surface area contributed by atoms with E-state index in [0.29, 0.717) is 13.0 Å². The molecule has 2 atom stereocenters. The first-order valence-corrected chi connectivity index (χ1v) is 10.2. The van der Waals surface area contributed by atoms with Crippen LogP contribution in [0.4, 0.5) is 5.82 Å². The molecule has 2 saturated heterocycles. The highest BCUT2D eigenvalue weighted by atomic mass is 16.5. The van der Waals surface area contributed by atoms with Crippen molar-refractivity contribution in [3.8, 4) is 0 Å². The number of anilines is 1. The smallest absolute Gasteiger partial charge is 0.222 e. The van der Waals surface area contributed by atoms with Crippen LogP contribution in [-0.4, -0.2) is 73.7 Å². The van der Waals surface area contributed by atoms with Crippen molar-refractivity contribution in [2.45, 2.75) is 45.4 Å². The summed E-state index contributed by atoms with van der Waals surface area (Å²) in [4.78, 5) is 24.9. The maximum Gasteiger partial charge on any atom is 0.222 e. The van der Waals surface area contributed by atoms with Crippen molar-refractivity contribution in [2.75, 3.05) is 44.7 Å². The molecule has 0 spiro atoms. The van der Waals surface area contributed by atoms with E-state index in [1.54, 1.807) is 7.05 Å². The van der Waals surface area contributed by atoms with Gasteiger partial charge in [0, 0.05) is 58.4 Å². The van der Waals surface area contributed by atoms with E-state index in [4.69, 9.17) is 4.74 Å². The molecule has 8 heteroatoms. The van der Waals surface area contributed by atoms with Gasteiger partial charge in [-0.05, 0) is 31.0 Å². The maximum atomic E-state index is 11.8. The van der Waals surface area contributed by atoms with Gasteiger partial charge in [0.1, 0.15) is 5.82 Å². The Morgan fingerprint density at radius 3 is 3.00 bits per heavy atom. The van der Waals surface area contributed by atoms with Gasteiger partial charge in [-0.1, -0.05) is 6.92 Å². The molecule has 1 aromatic rings. The largest absolute Gasteiger partial charge is 0.375 e. The highest BCUT2D eigenvalue weighted by Crippen LogP contribution is 2.16. The average Bonchev–Trinajstić information content (AvgIpc) is 3.19. The number of guanidine groups is 1. The zero-order valence-corrected chi connectivity index (χ0v) is 17.1. The molecule has 0 bridgehead atoms. The summed E-state index contributed by atoms with van der Waals surface area (Å²) in [5.74, 6) is 1.96. The number of nitrogens with one attached hydrogen (secondary N) is 2. The monoisotopic (exact) mass is 388 g/mol. The summed E-state index contributed by atoms with van der Waals surface area (Å²) in [6, 6.07) is 4.38. The summed E-state index contributed by atoms with van der Waals surface area (Å²) in [5, 5.41) is 6.81. The Hall–Kier alpha value is -2.35. The van der Waals surface area contributed by atoms with Gasteiger partial charge in [0.15, 0.2) is 5.96 Å². The number of pyridine rings is 1. The number of morpholine rings is 1. The summed E-state index contributed by atoms with van der Waals surface area (Å²) in [6.45, 7) is 8.68. The van der Waals surface area contributed by atoms with Crippen LogP contribution in [0, 0.1) is 0 Å². The van der Waals surface area contributed by atoms with Crippen molar-refractivity contribution in [3.63, 3.8) is 0 Å². The molecule has 2 aliphatic rings. The Kier molecular flexibility index (Phi) is 7.08. The van der Waals surface area contributed by atoms with Crippen molar-refractivity contribution < 1.29 is 9.53 Å². The molecule has 0 saturated carbocycles. The molecule has 28 heavy (non-hydrogen) atoms. The molecule has 0 radical (unpaired) electrons. The topological polar surface area (TPSA) is 82.1 Å². The van der Waals surface area contributed by atoms with Gasteiger partial charge in [-0.15, -0.1) is 0 Å². The lowest BCUT2D eigenvalue weighted by Crippen LogP contribution is -2.44. The summed E-state index contributed by atoms with van der Waals surface area (Å²) in [5.41, 5.74) is 1.15. The normalized spacial score (nSPS) is 23.0. The summed E-state index contributed by atoms with van der Waals surface area (Å²) >= 11 is 0. The van der Waals surface area contributed by atoms with Crippen molar-refractivity contribution in [3.05, 3.63) is 23.9 Å². The van der Waals surface area contributed by atoms with Crippen molar-refractivity contribution in [1.29, 1.82) is 0 Å². The number of carbonyl (C=O) groups excluding carboxylic acids is 1. The molecule has 1 amide bonds. The molecular weight excluding hydrogens is 356 g/mol. The molecule has 154 valence electrons. The fourth-order valence-electron chi connectivity index (χ4n) is 3.67. The number of hydrogen-bond acceptors (Lipinski definition) is 5. The average molecular weight is 389 g/mol. The van der Waals surface area contributed by atoms with Crippen LogP contribution in [0.5, 0.6) is 0 Å². The summed E-state index contributed by atoms with van der Waals surface area (Å²) < 4.78 is 5.62. The molecule has 2 N–H and O–H groups in total. The van der Waals surface area contributed by atoms with Gasteiger partial charge in [-0.2, -0.15) is 0 Å². The third-order valence-electron chi connectivity index (χ3n) is 5.24. The molecule has 2 fully saturated rings. The van der Waals surface area contributed by atoms with Gasteiger partial charge in [0.2, 0.25) is 5.91 Å². The highest BCUT2D eigenvalue weighted by Gasteiger charge is 2.25. The first-order chi connectivity index (χ1) is 13.6. The Balaban J connectivity index is 1.51. The fraction of sp³-hybridized carbons (Fsp3) is 0.650. The van der Waals surface area contributed by atoms with Gasteiger partial charge in [-0.3, -0.25) is 9.79 Å². The third kappa shape index (κ3) is 5.34. The number of rotatable bonds is 5. The van der Waals surface area contributed by atoms with Crippen molar-refractivity contribution >= 4 is 17.7 Å². The number of ether oxygens (including phenoxy) is 1. The second kappa shape index (κ2) is 9.73. The summed E-state index contributed by atoms with van der Waals surface area (Å²) in [6.07, 6.45) is 3.59. The maximum absolute atomic E-state index is 11.8. The predicted octanol–water partition coefficient (Wildman–Crippen LogP) is 0.983. The lowest BCUT2D eigenvalue weighted by Gasteiger charge is -2.32. The second-order valence-electron chi connectivity index (χ2n) is 7.40. The van der Waals surface area contributed by atoms with Crippen LogP contribution in [0.15, 0.2) is 23.3 Å². The summed E-state index contributed by atoms with van der Waals surface area (Å²) in [7, 11) is 1.77. The molecule has 3 rings (SSSR count).